The van der Waals surface area contributed by atoms with Crippen LogP contribution < -0.4 is 11.1 Å². The Hall–Kier alpha value is -3.50. The van der Waals surface area contributed by atoms with E-state index in [1.54, 1.807) is 30.3 Å². The number of halogens is 2. The molecular weight excluding hydrogens is 489 g/mol. The van der Waals surface area contributed by atoms with Gasteiger partial charge in [0, 0.05) is 29.5 Å². The number of amides is 3. The first kappa shape index (κ1) is 24.2. The molecule has 4 atom stereocenters. The Kier molecular flexibility index (Phi) is 6.40. The summed E-state index contributed by atoms with van der Waals surface area (Å²) in [6.45, 7) is -0.317. The number of para-hydroxylation sites is 1. The second-order valence-corrected chi connectivity index (χ2v) is 9.67. The minimum Gasteiger partial charge on any atom is -0.393 e. The Morgan fingerprint density at radius 1 is 1.17 bits per heavy atom. The SMILES string of the molecule is NC(=O)c1nn(CC(=O)N2[C@H]3CC[C@H]([C@H](O)C3)[C@@H]2C(=O)NCc2cccc(Cl)c2F)c2ccccc12. The fourth-order valence-corrected chi connectivity index (χ4v) is 5.69. The highest BCUT2D eigenvalue weighted by Crippen LogP contribution is 2.40. The van der Waals surface area contributed by atoms with Gasteiger partial charge < -0.3 is 21.1 Å². The van der Waals surface area contributed by atoms with Crippen LogP contribution in [0.2, 0.25) is 5.02 Å². The third-order valence-electron chi connectivity index (χ3n) is 7.16. The van der Waals surface area contributed by atoms with Crippen LogP contribution >= 0.6 is 11.6 Å². The molecule has 2 aliphatic heterocycles. The van der Waals surface area contributed by atoms with Gasteiger partial charge in [-0.1, -0.05) is 41.9 Å². The number of aliphatic hydroxyl groups is 1. The Balaban J connectivity index is 1.40. The number of benzene rings is 2. The molecule has 36 heavy (non-hydrogen) atoms. The fourth-order valence-electron chi connectivity index (χ4n) is 5.49. The Morgan fingerprint density at radius 3 is 2.69 bits per heavy atom. The van der Waals surface area contributed by atoms with E-state index in [0.29, 0.717) is 30.2 Å². The lowest BCUT2D eigenvalue weighted by atomic mass is 9.72. The van der Waals surface area contributed by atoms with Crippen LogP contribution in [0, 0.1) is 11.7 Å². The van der Waals surface area contributed by atoms with E-state index in [1.165, 1.54) is 21.7 Å². The minimum absolute atomic E-state index is 0.0486. The predicted octanol–water partition coefficient (Wildman–Crippen LogP) is 1.98. The summed E-state index contributed by atoms with van der Waals surface area (Å²) in [5.74, 6) is -2.61. The zero-order valence-electron chi connectivity index (χ0n) is 19.2. The number of carbonyl (C=O) groups is 3. The van der Waals surface area contributed by atoms with Gasteiger partial charge in [0.15, 0.2) is 5.69 Å². The number of aromatic nitrogens is 2. The molecule has 1 saturated carbocycles. The van der Waals surface area contributed by atoms with Gasteiger partial charge in [-0.15, -0.1) is 0 Å². The summed E-state index contributed by atoms with van der Waals surface area (Å²) in [4.78, 5) is 40.3. The van der Waals surface area contributed by atoms with Crippen LogP contribution in [0.5, 0.6) is 0 Å². The molecule has 2 saturated heterocycles. The highest BCUT2D eigenvalue weighted by Gasteiger charge is 2.51. The molecule has 9 nitrogen and oxygen atoms in total. The van der Waals surface area contributed by atoms with Crippen molar-refractivity contribution in [3.05, 3.63) is 64.6 Å². The molecule has 4 N–H and O–H groups in total. The maximum absolute atomic E-state index is 14.3. The lowest BCUT2D eigenvalue weighted by Crippen LogP contribution is -2.66. The average Bonchev–Trinajstić information content (AvgIpc) is 3.23. The van der Waals surface area contributed by atoms with Crippen LogP contribution in [-0.4, -0.2) is 55.7 Å². The van der Waals surface area contributed by atoms with Gasteiger partial charge in [-0.25, -0.2) is 4.39 Å². The molecule has 1 aliphatic carbocycles. The summed E-state index contributed by atoms with van der Waals surface area (Å²) in [6, 6.07) is 10.2. The molecule has 11 heteroatoms. The van der Waals surface area contributed by atoms with Crippen LogP contribution in [0.3, 0.4) is 0 Å². The summed E-state index contributed by atoms with van der Waals surface area (Å²) in [6.07, 6.45) is 0.899. The molecule has 2 aromatic carbocycles. The average molecular weight is 514 g/mol. The molecule has 2 bridgehead atoms. The van der Waals surface area contributed by atoms with Gasteiger partial charge in [-0.2, -0.15) is 5.10 Å². The number of hydrogen-bond donors (Lipinski definition) is 3. The van der Waals surface area contributed by atoms with Crippen molar-refractivity contribution < 1.29 is 23.9 Å². The zero-order valence-corrected chi connectivity index (χ0v) is 20.0. The Bertz CT molecular complexity index is 1360. The van der Waals surface area contributed by atoms with Gasteiger partial charge >= 0.3 is 0 Å². The fraction of sp³-hybridized carbons (Fsp3) is 0.360. The van der Waals surface area contributed by atoms with Gasteiger partial charge in [0.25, 0.3) is 5.91 Å². The molecule has 0 radical (unpaired) electrons. The Morgan fingerprint density at radius 2 is 1.94 bits per heavy atom. The first-order valence-electron chi connectivity index (χ1n) is 11.7. The number of hydrogen-bond acceptors (Lipinski definition) is 5. The van der Waals surface area contributed by atoms with Crippen LogP contribution in [-0.2, 0) is 22.7 Å². The largest absolute Gasteiger partial charge is 0.393 e. The van der Waals surface area contributed by atoms with Crippen LogP contribution in [0.15, 0.2) is 42.5 Å². The summed E-state index contributed by atoms with van der Waals surface area (Å²) in [7, 11) is 0. The van der Waals surface area contributed by atoms with Crippen LogP contribution in [0.25, 0.3) is 10.9 Å². The lowest BCUT2D eigenvalue weighted by molar-refractivity contribution is -0.162. The molecule has 3 aliphatic rings. The quantitative estimate of drug-likeness (QED) is 0.464. The van der Waals surface area contributed by atoms with E-state index in [9.17, 15) is 23.9 Å². The molecule has 3 heterocycles. The number of nitrogens with two attached hydrogens (primary N) is 1. The van der Waals surface area contributed by atoms with Crippen molar-refractivity contribution in [2.75, 3.05) is 0 Å². The van der Waals surface area contributed by atoms with E-state index in [0.717, 1.165) is 0 Å². The van der Waals surface area contributed by atoms with Crippen molar-refractivity contribution in [1.82, 2.24) is 20.0 Å². The number of carbonyl (C=O) groups excluding carboxylic acids is 3. The van der Waals surface area contributed by atoms with E-state index >= 15 is 0 Å². The van der Waals surface area contributed by atoms with Crippen molar-refractivity contribution in [2.45, 2.75) is 50.5 Å². The summed E-state index contributed by atoms with van der Waals surface area (Å²) in [5.41, 5.74) is 6.32. The van der Waals surface area contributed by atoms with Crippen LogP contribution in [0.4, 0.5) is 4.39 Å². The number of piperidine rings is 2. The highest BCUT2D eigenvalue weighted by molar-refractivity contribution is 6.30. The van der Waals surface area contributed by atoms with Gasteiger partial charge in [0.2, 0.25) is 11.8 Å². The van der Waals surface area contributed by atoms with Gasteiger partial charge in [-0.3, -0.25) is 19.1 Å². The first-order valence-corrected chi connectivity index (χ1v) is 12.1. The monoisotopic (exact) mass is 513 g/mol. The summed E-state index contributed by atoms with van der Waals surface area (Å²) >= 11 is 5.84. The molecule has 0 spiro atoms. The second kappa shape index (κ2) is 9.51. The van der Waals surface area contributed by atoms with Crippen molar-refractivity contribution >= 4 is 40.2 Å². The van der Waals surface area contributed by atoms with Crippen molar-refractivity contribution in [3.63, 3.8) is 0 Å². The lowest BCUT2D eigenvalue weighted by Gasteiger charge is -2.52. The minimum atomic E-state index is -0.917. The van der Waals surface area contributed by atoms with Crippen molar-refractivity contribution in [3.8, 4) is 0 Å². The molecule has 0 unspecified atom stereocenters. The topological polar surface area (TPSA) is 131 Å². The predicted molar refractivity (Wildman–Crippen MR) is 129 cm³/mol. The maximum Gasteiger partial charge on any atom is 0.269 e. The van der Waals surface area contributed by atoms with Gasteiger partial charge in [0.05, 0.1) is 16.6 Å². The smallest absolute Gasteiger partial charge is 0.269 e. The zero-order chi connectivity index (χ0) is 25.6. The summed E-state index contributed by atoms with van der Waals surface area (Å²) < 4.78 is 15.7. The number of aliphatic hydroxyl groups excluding tert-OH is 1. The van der Waals surface area contributed by atoms with E-state index in [-0.39, 0.29) is 41.3 Å². The van der Waals surface area contributed by atoms with E-state index in [4.69, 9.17) is 17.3 Å². The number of rotatable bonds is 6. The van der Waals surface area contributed by atoms with Gasteiger partial charge in [0.1, 0.15) is 18.4 Å². The molecule has 3 aromatic rings. The molecule has 188 valence electrons. The Labute approximate surface area is 211 Å². The van der Waals surface area contributed by atoms with E-state index < -0.39 is 35.7 Å². The normalized spacial score (nSPS) is 23.1. The number of fused-ring (bicyclic) bond motifs is 4. The maximum atomic E-state index is 14.3. The van der Waals surface area contributed by atoms with Crippen molar-refractivity contribution in [1.29, 1.82) is 0 Å². The molecule has 6 rings (SSSR count). The van der Waals surface area contributed by atoms with Gasteiger partial charge in [-0.05, 0) is 31.4 Å². The molecule has 3 amide bonds. The van der Waals surface area contributed by atoms with Crippen molar-refractivity contribution in [2.24, 2.45) is 11.7 Å². The standard InChI is InChI=1S/C25H25ClFN5O4/c26-17-6-3-4-13(21(17)27)11-29-25(36)23-16-9-8-14(10-19(16)33)32(23)20(34)12-31-18-7-2-1-5-15(18)22(30-31)24(28)35/h1-7,14,16,19,23,33H,8-12H2,(H2,28,35)(H,29,36)/t14-,16+,19+,23+/m0/s1. The number of nitrogens with zero attached hydrogens (tertiary/aromatic N) is 3. The van der Waals surface area contributed by atoms with E-state index in [2.05, 4.69) is 10.4 Å². The number of nitrogens with one attached hydrogen (secondary N) is 1. The third-order valence-corrected chi connectivity index (χ3v) is 7.45. The second-order valence-electron chi connectivity index (χ2n) is 9.26. The van der Waals surface area contributed by atoms with Crippen LogP contribution in [0.1, 0.15) is 35.3 Å². The van der Waals surface area contributed by atoms with E-state index in [1.807, 2.05) is 0 Å². The molecular formula is C25H25ClFN5O4. The number of primary amides is 1. The first-order chi connectivity index (χ1) is 17.3. The highest BCUT2D eigenvalue weighted by atomic mass is 35.5. The summed E-state index contributed by atoms with van der Waals surface area (Å²) in [5, 5.41) is 18.1. The molecule has 1 aromatic heterocycles. The molecule has 3 fully saturated rings. The third kappa shape index (κ3) is 4.20.